The maximum Gasteiger partial charge on any atom is 0.262 e. The van der Waals surface area contributed by atoms with Crippen LogP contribution in [0.25, 0.3) is 0 Å². The second kappa shape index (κ2) is 7.02. The summed E-state index contributed by atoms with van der Waals surface area (Å²) in [6.07, 6.45) is 0. The van der Waals surface area contributed by atoms with Gasteiger partial charge in [-0.2, -0.15) is 0 Å². The van der Waals surface area contributed by atoms with E-state index in [0.717, 1.165) is 4.47 Å². The van der Waals surface area contributed by atoms with E-state index in [0.29, 0.717) is 27.2 Å². The highest BCUT2D eigenvalue weighted by atomic mass is 79.9. The van der Waals surface area contributed by atoms with Crippen molar-refractivity contribution in [3.05, 3.63) is 50.9 Å². The van der Waals surface area contributed by atoms with E-state index < -0.39 is 0 Å². The van der Waals surface area contributed by atoms with Crippen LogP contribution in [0.1, 0.15) is 0 Å². The van der Waals surface area contributed by atoms with Crippen molar-refractivity contribution in [1.29, 1.82) is 0 Å². The van der Waals surface area contributed by atoms with E-state index in [2.05, 4.69) is 21.2 Å². The molecule has 2 aromatic carbocycles. The summed E-state index contributed by atoms with van der Waals surface area (Å²) in [4.78, 5) is 11.9. The Hall–Kier alpha value is -1.43. The number of nitrogens with one attached hydrogen (secondary N) is 1. The largest absolute Gasteiger partial charge is 0.482 e. The minimum atomic E-state index is -0.362. The predicted octanol–water partition coefficient (Wildman–Crippen LogP) is 4.36. The number of ether oxygens (including phenoxy) is 1. The van der Waals surface area contributed by atoms with Crippen LogP contribution in [0.2, 0.25) is 10.0 Å². The summed E-state index contributed by atoms with van der Waals surface area (Å²) in [6, 6.07) is 9.97. The molecular weight excluding hydrogens is 379 g/mol. The zero-order valence-corrected chi connectivity index (χ0v) is 13.8. The van der Waals surface area contributed by atoms with Gasteiger partial charge in [-0.1, -0.05) is 39.1 Å². The van der Waals surface area contributed by atoms with Crippen LogP contribution < -0.4 is 15.8 Å². The molecule has 4 nitrogen and oxygen atoms in total. The highest BCUT2D eigenvalue weighted by Gasteiger charge is 2.09. The smallest absolute Gasteiger partial charge is 0.262 e. The lowest BCUT2D eigenvalue weighted by atomic mass is 10.3. The molecule has 0 radical (unpaired) electrons. The summed E-state index contributed by atoms with van der Waals surface area (Å²) in [6.45, 7) is -0.193. The zero-order valence-electron chi connectivity index (χ0n) is 10.7. The third-order valence-corrected chi connectivity index (χ3v) is 3.65. The number of nitrogen functional groups attached to an aromatic ring is 1. The second-order valence-electron chi connectivity index (χ2n) is 4.15. The van der Waals surface area contributed by atoms with Gasteiger partial charge in [0.15, 0.2) is 6.61 Å². The molecule has 0 saturated carbocycles. The maximum absolute atomic E-state index is 11.9. The van der Waals surface area contributed by atoms with Crippen LogP contribution >= 0.6 is 39.1 Å². The van der Waals surface area contributed by atoms with E-state index in [-0.39, 0.29) is 12.5 Å². The first-order chi connectivity index (χ1) is 9.95. The number of amides is 1. The first-order valence-electron chi connectivity index (χ1n) is 5.88. The number of carbonyl (C=O) groups is 1. The Morgan fingerprint density at radius 1 is 1.19 bits per heavy atom. The Balaban J connectivity index is 1.99. The van der Waals surface area contributed by atoms with Crippen LogP contribution in [0.4, 0.5) is 11.4 Å². The van der Waals surface area contributed by atoms with Gasteiger partial charge in [0.1, 0.15) is 5.75 Å². The first kappa shape index (κ1) is 15.9. The number of hydrogen-bond donors (Lipinski definition) is 2. The lowest BCUT2D eigenvalue weighted by molar-refractivity contribution is -0.118. The zero-order chi connectivity index (χ0) is 15.4. The average Bonchev–Trinajstić information content (AvgIpc) is 2.44. The molecule has 21 heavy (non-hydrogen) atoms. The number of hydrogen-bond acceptors (Lipinski definition) is 3. The molecule has 0 heterocycles. The standard InChI is InChI=1S/C14H11BrCl2N2O2/c15-8-1-3-11(17)13(5-8)21-7-14(20)19-12-6-9(18)2-4-10(12)16/h1-6H,7,18H2,(H,19,20). The fourth-order valence-electron chi connectivity index (χ4n) is 1.56. The summed E-state index contributed by atoms with van der Waals surface area (Å²) in [5.74, 6) is 0.0541. The van der Waals surface area contributed by atoms with Crippen molar-refractivity contribution >= 4 is 56.4 Å². The highest BCUT2D eigenvalue weighted by Crippen LogP contribution is 2.28. The van der Waals surface area contributed by atoms with E-state index in [1.807, 2.05) is 0 Å². The minimum absolute atomic E-state index is 0.193. The van der Waals surface area contributed by atoms with Crippen molar-refractivity contribution in [3.63, 3.8) is 0 Å². The van der Waals surface area contributed by atoms with Crippen LogP contribution in [-0.2, 0) is 4.79 Å². The van der Waals surface area contributed by atoms with Crippen LogP contribution in [0.3, 0.4) is 0 Å². The number of carbonyl (C=O) groups excluding carboxylic acids is 1. The van der Waals surface area contributed by atoms with Gasteiger partial charge < -0.3 is 15.8 Å². The molecule has 0 aliphatic rings. The van der Waals surface area contributed by atoms with E-state index in [4.69, 9.17) is 33.7 Å². The molecule has 0 unspecified atom stereocenters. The maximum atomic E-state index is 11.9. The van der Waals surface area contributed by atoms with Gasteiger partial charge >= 0.3 is 0 Å². The molecule has 0 atom stereocenters. The minimum Gasteiger partial charge on any atom is -0.482 e. The highest BCUT2D eigenvalue weighted by molar-refractivity contribution is 9.10. The summed E-state index contributed by atoms with van der Waals surface area (Å²) >= 11 is 15.2. The lowest BCUT2D eigenvalue weighted by Crippen LogP contribution is -2.20. The van der Waals surface area contributed by atoms with Crippen molar-refractivity contribution in [3.8, 4) is 5.75 Å². The Bertz CT molecular complexity index is 680. The van der Waals surface area contributed by atoms with Crippen molar-refractivity contribution in [2.24, 2.45) is 0 Å². The van der Waals surface area contributed by atoms with Gasteiger partial charge in [-0.25, -0.2) is 0 Å². The van der Waals surface area contributed by atoms with Crippen molar-refractivity contribution < 1.29 is 9.53 Å². The lowest BCUT2D eigenvalue weighted by Gasteiger charge is -2.10. The summed E-state index contributed by atoms with van der Waals surface area (Å²) < 4.78 is 6.18. The Labute approximate surface area is 140 Å². The normalized spacial score (nSPS) is 10.2. The number of benzene rings is 2. The molecule has 0 aliphatic carbocycles. The molecule has 1 amide bonds. The van der Waals surface area contributed by atoms with E-state index >= 15 is 0 Å². The Morgan fingerprint density at radius 3 is 2.67 bits per heavy atom. The van der Waals surface area contributed by atoms with Crippen molar-refractivity contribution in [2.75, 3.05) is 17.7 Å². The summed E-state index contributed by atoms with van der Waals surface area (Å²) in [5.41, 5.74) is 6.58. The van der Waals surface area contributed by atoms with Crippen LogP contribution in [0.5, 0.6) is 5.75 Å². The molecule has 0 aromatic heterocycles. The van der Waals surface area contributed by atoms with Crippen LogP contribution in [-0.4, -0.2) is 12.5 Å². The number of anilines is 2. The fraction of sp³-hybridized carbons (Fsp3) is 0.0714. The second-order valence-corrected chi connectivity index (χ2v) is 5.88. The molecule has 0 fully saturated rings. The molecule has 0 saturated heterocycles. The third kappa shape index (κ3) is 4.52. The molecule has 2 rings (SSSR count). The molecule has 0 spiro atoms. The van der Waals surface area contributed by atoms with Gasteiger partial charge in [-0.15, -0.1) is 0 Å². The first-order valence-corrected chi connectivity index (χ1v) is 7.43. The molecule has 0 aliphatic heterocycles. The Kier molecular flexibility index (Phi) is 5.33. The van der Waals surface area contributed by atoms with Gasteiger partial charge in [-0.05, 0) is 36.4 Å². The molecule has 3 N–H and O–H groups in total. The van der Waals surface area contributed by atoms with Crippen LogP contribution in [0.15, 0.2) is 40.9 Å². The summed E-state index contributed by atoms with van der Waals surface area (Å²) in [5, 5.41) is 3.45. The molecule has 0 bridgehead atoms. The third-order valence-electron chi connectivity index (χ3n) is 2.52. The average molecular weight is 390 g/mol. The van der Waals surface area contributed by atoms with E-state index in [1.54, 1.807) is 36.4 Å². The molecule has 110 valence electrons. The van der Waals surface area contributed by atoms with Gasteiger partial charge in [-0.3, -0.25) is 4.79 Å². The monoisotopic (exact) mass is 388 g/mol. The topological polar surface area (TPSA) is 64.3 Å². The molecular formula is C14H11BrCl2N2O2. The molecule has 7 heteroatoms. The van der Waals surface area contributed by atoms with Gasteiger partial charge in [0, 0.05) is 10.2 Å². The van der Waals surface area contributed by atoms with Crippen LogP contribution in [0, 0.1) is 0 Å². The summed E-state index contributed by atoms with van der Waals surface area (Å²) in [7, 11) is 0. The fourth-order valence-corrected chi connectivity index (χ4v) is 2.23. The van der Waals surface area contributed by atoms with Gasteiger partial charge in [0.05, 0.1) is 15.7 Å². The number of nitrogens with two attached hydrogens (primary N) is 1. The predicted molar refractivity (Wildman–Crippen MR) is 89.1 cm³/mol. The quantitative estimate of drug-likeness (QED) is 0.763. The SMILES string of the molecule is Nc1ccc(Cl)c(NC(=O)COc2cc(Br)ccc2Cl)c1. The van der Waals surface area contributed by atoms with E-state index in [1.165, 1.54) is 0 Å². The molecule has 2 aromatic rings. The van der Waals surface area contributed by atoms with Crippen molar-refractivity contribution in [2.45, 2.75) is 0 Å². The number of rotatable bonds is 4. The van der Waals surface area contributed by atoms with E-state index in [9.17, 15) is 4.79 Å². The van der Waals surface area contributed by atoms with Gasteiger partial charge in [0.2, 0.25) is 0 Å². The Morgan fingerprint density at radius 2 is 1.90 bits per heavy atom. The van der Waals surface area contributed by atoms with Crippen molar-refractivity contribution in [1.82, 2.24) is 0 Å². The van der Waals surface area contributed by atoms with Gasteiger partial charge in [0.25, 0.3) is 5.91 Å². The number of halogens is 3.